The van der Waals surface area contributed by atoms with Gasteiger partial charge in [0.1, 0.15) is 18.0 Å². The lowest BCUT2D eigenvalue weighted by molar-refractivity contribution is 0.444. The molecule has 4 heteroatoms. The maximum absolute atomic E-state index is 4.40. The maximum atomic E-state index is 4.40. The van der Waals surface area contributed by atoms with Crippen LogP contribution >= 0.6 is 0 Å². The van der Waals surface area contributed by atoms with Crippen molar-refractivity contribution < 1.29 is 0 Å². The van der Waals surface area contributed by atoms with E-state index in [0.29, 0.717) is 5.92 Å². The highest BCUT2D eigenvalue weighted by molar-refractivity contribution is 5.48. The summed E-state index contributed by atoms with van der Waals surface area (Å²) in [6, 6.07) is 2.07. The molecule has 1 saturated heterocycles. The van der Waals surface area contributed by atoms with Crippen LogP contribution in [0.2, 0.25) is 0 Å². The van der Waals surface area contributed by atoms with Gasteiger partial charge in [-0.3, -0.25) is 0 Å². The van der Waals surface area contributed by atoms with E-state index in [1.165, 1.54) is 12.8 Å². The lowest BCUT2D eigenvalue weighted by Crippen LogP contribution is -2.34. The summed E-state index contributed by atoms with van der Waals surface area (Å²) >= 11 is 0. The van der Waals surface area contributed by atoms with E-state index in [1.54, 1.807) is 6.33 Å². The minimum absolute atomic E-state index is 0.624. The van der Waals surface area contributed by atoms with Crippen molar-refractivity contribution in [3.63, 3.8) is 0 Å². The van der Waals surface area contributed by atoms with E-state index in [0.717, 1.165) is 37.2 Å². The van der Waals surface area contributed by atoms with Crippen molar-refractivity contribution in [1.82, 2.24) is 9.97 Å². The lowest BCUT2D eigenvalue weighted by atomic mass is 10.0. The molecule has 0 amide bonds. The van der Waals surface area contributed by atoms with Crippen molar-refractivity contribution >= 4 is 11.6 Å². The van der Waals surface area contributed by atoms with Gasteiger partial charge in [0.2, 0.25) is 0 Å². The first-order valence-electron chi connectivity index (χ1n) is 6.96. The van der Waals surface area contributed by atoms with Gasteiger partial charge in [0.25, 0.3) is 0 Å². The highest BCUT2D eigenvalue weighted by atomic mass is 15.2. The molecule has 2 rings (SSSR count). The molecule has 0 saturated carbocycles. The molecule has 0 bridgehead atoms. The molecule has 1 aromatic rings. The molecular formula is C14H24N4. The lowest BCUT2D eigenvalue weighted by Gasteiger charge is -2.31. The molecule has 2 heterocycles. The second kappa shape index (κ2) is 6.03. The minimum atomic E-state index is 0.624. The van der Waals surface area contributed by atoms with Gasteiger partial charge < -0.3 is 10.2 Å². The van der Waals surface area contributed by atoms with Crippen molar-refractivity contribution in [3.05, 3.63) is 12.4 Å². The molecule has 1 aromatic heterocycles. The molecule has 1 aliphatic rings. The third-order valence-corrected chi connectivity index (χ3v) is 3.33. The maximum Gasteiger partial charge on any atom is 0.134 e. The zero-order chi connectivity index (χ0) is 13.0. The van der Waals surface area contributed by atoms with Gasteiger partial charge in [-0.05, 0) is 24.7 Å². The number of nitrogens with one attached hydrogen (secondary N) is 1. The van der Waals surface area contributed by atoms with Gasteiger partial charge in [-0.1, -0.05) is 20.8 Å². The molecule has 0 aromatic carbocycles. The van der Waals surface area contributed by atoms with E-state index >= 15 is 0 Å². The molecule has 1 aliphatic heterocycles. The number of hydrogen-bond donors (Lipinski definition) is 1. The van der Waals surface area contributed by atoms with E-state index in [-0.39, 0.29) is 0 Å². The van der Waals surface area contributed by atoms with Gasteiger partial charge >= 0.3 is 0 Å². The Balaban J connectivity index is 2.02. The van der Waals surface area contributed by atoms with E-state index in [1.807, 2.05) is 0 Å². The van der Waals surface area contributed by atoms with Crippen molar-refractivity contribution in [2.45, 2.75) is 33.6 Å². The van der Waals surface area contributed by atoms with Gasteiger partial charge in [0, 0.05) is 25.7 Å². The average Bonchev–Trinajstić information content (AvgIpc) is 2.37. The normalized spacial score (nSPS) is 20.2. The van der Waals surface area contributed by atoms with Gasteiger partial charge in [0.05, 0.1) is 0 Å². The second-order valence-corrected chi connectivity index (χ2v) is 5.73. The van der Waals surface area contributed by atoms with Crippen LogP contribution in [0.3, 0.4) is 0 Å². The van der Waals surface area contributed by atoms with Crippen LogP contribution in [0.15, 0.2) is 12.4 Å². The number of nitrogens with zero attached hydrogens (tertiary/aromatic N) is 3. The van der Waals surface area contributed by atoms with Crippen LogP contribution in [-0.2, 0) is 0 Å². The Morgan fingerprint density at radius 3 is 3.00 bits per heavy atom. The summed E-state index contributed by atoms with van der Waals surface area (Å²) in [6.07, 6.45) is 4.26. The summed E-state index contributed by atoms with van der Waals surface area (Å²) in [5, 5.41) is 3.36. The highest BCUT2D eigenvalue weighted by Gasteiger charge is 2.17. The molecule has 1 fully saturated rings. The van der Waals surface area contributed by atoms with E-state index in [9.17, 15) is 0 Å². The number of piperidine rings is 1. The van der Waals surface area contributed by atoms with Crippen LogP contribution in [0.5, 0.6) is 0 Å². The third-order valence-electron chi connectivity index (χ3n) is 3.33. The summed E-state index contributed by atoms with van der Waals surface area (Å²) < 4.78 is 0. The van der Waals surface area contributed by atoms with Crippen LogP contribution in [0.25, 0.3) is 0 Å². The standard InChI is InChI=1S/C14H24N4/c1-11(2)8-15-13-7-14(17-10-16-13)18-6-4-5-12(3)9-18/h7,10-12H,4-6,8-9H2,1-3H3,(H,15,16,17). The SMILES string of the molecule is CC(C)CNc1cc(N2CCCC(C)C2)ncn1. The number of anilines is 2. The molecule has 1 N–H and O–H groups in total. The fourth-order valence-corrected chi connectivity index (χ4v) is 2.32. The largest absolute Gasteiger partial charge is 0.370 e. The molecule has 100 valence electrons. The van der Waals surface area contributed by atoms with E-state index in [2.05, 4.69) is 47.0 Å². The molecule has 0 radical (unpaired) electrons. The second-order valence-electron chi connectivity index (χ2n) is 5.73. The summed E-state index contributed by atoms with van der Waals surface area (Å²) in [6.45, 7) is 9.88. The molecular weight excluding hydrogens is 224 g/mol. The Kier molecular flexibility index (Phi) is 4.39. The molecule has 1 atom stereocenters. The van der Waals surface area contributed by atoms with Crippen LogP contribution < -0.4 is 10.2 Å². The van der Waals surface area contributed by atoms with Crippen molar-refractivity contribution in [2.75, 3.05) is 29.9 Å². The van der Waals surface area contributed by atoms with Gasteiger partial charge in [-0.15, -0.1) is 0 Å². The molecule has 0 aliphatic carbocycles. The summed E-state index contributed by atoms with van der Waals surface area (Å²) in [5.74, 6) is 3.38. The third kappa shape index (κ3) is 3.59. The van der Waals surface area contributed by atoms with E-state index in [4.69, 9.17) is 0 Å². The highest BCUT2D eigenvalue weighted by Crippen LogP contribution is 2.22. The first-order valence-corrected chi connectivity index (χ1v) is 6.96. The molecule has 4 nitrogen and oxygen atoms in total. The smallest absolute Gasteiger partial charge is 0.134 e. The minimum Gasteiger partial charge on any atom is -0.370 e. The van der Waals surface area contributed by atoms with Crippen LogP contribution in [0.1, 0.15) is 33.6 Å². The molecule has 18 heavy (non-hydrogen) atoms. The summed E-state index contributed by atoms with van der Waals surface area (Å²) in [4.78, 5) is 11.0. The molecule has 0 spiro atoms. The van der Waals surface area contributed by atoms with Gasteiger partial charge in [-0.2, -0.15) is 0 Å². The topological polar surface area (TPSA) is 41.0 Å². The van der Waals surface area contributed by atoms with Crippen molar-refractivity contribution in [1.29, 1.82) is 0 Å². The molecule has 1 unspecified atom stereocenters. The van der Waals surface area contributed by atoms with Crippen LogP contribution in [0.4, 0.5) is 11.6 Å². The van der Waals surface area contributed by atoms with Crippen LogP contribution in [-0.4, -0.2) is 29.6 Å². The van der Waals surface area contributed by atoms with Gasteiger partial charge in [0.15, 0.2) is 0 Å². The fraction of sp³-hybridized carbons (Fsp3) is 0.714. The predicted octanol–water partition coefficient (Wildman–Crippen LogP) is 2.78. The van der Waals surface area contributed by atoms with Crippen molar-refractivity contribution in [2.24, 2.45) is 11.8 Å². The van der Waals surface area contributed by atoms with E-state index < -0.39 is 0 Å². The monoisotopic (exact) mass is 248 g/mol. The Morgan fingerprint density at radius 2 is 2.28 bits per heavy atom. The first-order chi connectivity index (χ1) is 8.65. The quantitative estimate of drug-likeness (QED) is 0.889. The number of aromatic nitrogens is 2. The zero-order valence-corrected chi connectivity index (χ0v) is 11.7. The summed E-state index contributed by atoms with van der Waals surface area (Å²) in [5.41, 5.74) is 0. The Labute approximate surface area is 110 Å². The van der Waals surface area contributed by atoms with Gasteiger partial charge in [-0.25, -0.2) is 9.97 Å². The Hall–Kier alpha value is -1.32. The summed E-state index contributed by atoms with van der Waals surface area (Å²) in [7, 11) is 0. The number of hydrogen-bond acceptors (Lipinski definition) is 4. The Morgan fingerprint density at radius 1 is 1.44 bits per heavy atom. The van der Waals surface area contributed by atoms with Crippen molar-refractivity contribution in [3.8, 4) is 0 Å². The zero-order valence-electron chi connectivity index (χ0n) is 11.7. The number of rotatable bonds is 4. The predicted molar refractivity (Wildman–Crippen MR) is 76.0 cm³/mol. The fourth-order valence-electron chi connectivity index (χ4n) is 2.32. The van der Waals surface area contributed by atoms with Crippen LogP contribution in [0, 0.1) is 11.8 Å². The first kappa shape index (κ1) is 13.1. The average molecular weight is 248 g/mol. The Bertz CT molecular complexity index is 378.